The van der Waals surface area contributed by atoms with E-state index < -0.39 is 24.2 Å². The number of methoxy groups -OCH3 is 1. The van der Waals surface area contributed by atoms with Crippen molar-refractivity contribution in [3.8, 4) is 11.5 Å². The molecule has 3 aromatic carbocycles. The van der Waals surface area contributed by atoms with E-state index in [1.807, 2.05) is 75.4 Å². The van der Waals surface area contributed by atoms with Gasteiger partial charge in [0, 0.05) is 11.8 Å². The molecule has 172 valence electrons. The summed E-state index contributed by atoms with van der Waals surface area (Å²) in [5.74, 6) is 0.771. The number of carbonyl (C=O) groups is 1. The van der Waals surface area contributed by atoms with Crippen molar-refractivity contribution in [3.05, 3.63) is 88.5 Å². The fourth-order valence-electron chi connectivity index (χ4n) is 4.27. The first-order valence-corrected chi connectivity index (χ1v) is 10.9. The van der Waals surface area contributed by atoms with E-state index in [0.717, 1.165) is 22.3 Å². The van der Waals surface area contributed by atoms with E-state index in [0.29, 0.717) is 29.4 Å². The van der Waals surface area contributed by atoms with Crippen molar-refractivity contribution in [2.24, 2.45) is 0 Å². The number of aryl methyl sites for hydroxylation is 2. The standard InChI is InChI=1S/C27H29NO5/c1-17-10-11-21(13-23(17)33-15-20-8-6-5-7-9-20)25-27(31,16-29)26(30)28(25)22-12-18(2)19(3)24(14-22)32-4/h5-14,25,29,31H,15-16H2,1-4H3/t25-,27-/m0/s1. The number of aliphatic hydroxyl groups is 2. The Labute approximate surface area is 194 Å². The molecule has 1 aliphatic rings. The van der Waals surface area contributed by atoms with E-state index in [-0.39, 0.29) is 0 Å². The molecule has 0 aliphatic carbocycles. The number of benzene rings is 3. The number of ether oxygens (including phenoxy) is 2. The average Bonchev–Trinajstić information content (AvgIpc) is 2.83. The number of nitrogens with zero attached hydrogens (tertiary/aromatic N) is 1. The summed E-state index contributed by atoms with van der Waals surface area (Å²) in [6, 6.07) is 18.3. The van der Waals surface area contributed by atoms with Crippen LogP contribution in [0, 0.1) is 20.8 Å². The van der Waals surface area contributed by atoms with Crippen LogP contribution in [0.4, 0.5) is 5.69 Å². The smallest absolute Gasteiger partial charge is 0.264 e. The zero-order chi connectivity index (χ0) is 23.8. The summed E-state index contributed by atoms with van der Waals surface area (Å²) in [6.07, 6.45) is 0. The van der Waals surface area contributed by atoms with E-state index in [9.17, 15) is 15.0 Å². The predicted octanol–water partition coefficient (Wildman–Crippen LogP) is 4.01. The molecule has 2 N–H and O–H groups in total. The zero-order valence-electron chi connectivity index (χ0n) is 19.3. The maximum absolute atomic E-state index is 13.0. The Balaban J connectivity index is 1.71. The summed E-state index contributed by atoms with van der Waals surface area (Å²) in [5.41, 5.74) is 3.30. The van der Waals surface area contributed by atoms with Gasteiger partial charge in [0.05, 0.1) is 13.7 Å². The van der Waals surface area contributed by atoms with Crippen molar-refractivity contribution in [3.63, 3.8) is 0 Å². The summed E-state index contributed by atoms with van der Waals surface area (Å²) in [4.78, 5) is 14.5. The van der Waals surface area contributed by atoms with Crippen LogP contribution in [0.3, 0.4) is 0 Å². The van der Waals surface area contributed by atoms with Crippen LogP contribution in [0.25, 0.3) is 0 Å². The Bertz CT molecular complexity index is 1180. The molecule has 0 bridgehead atoms. The molecular formula is C27H29NO5. The van der Waals surface area contributed by atoms with Gasteiger partial charge in [-0.2, -0.15) is 0 Å². The highest BCUT2D eigenvalue weighted by atomic mass is 16.5. The van der Waals surface area contributed by atoms with Gasteiger partial charge in [0.1, 0.15) is 24.1 Å². The molecular weight excluding hydrogens is 418 g/mol. The molecule has 6 heteroatoms. The number of hydrogen-bond donors (Lipinski definition) is 2. The molecule has 0 unspecified atom stereocenters. The Kier molecular flexibility index (Phi) is 6.15. The lowest BCUT2D eigenvalue weighted by Crippen LogP contribution is -2.70. The van der Waals surface area contributed by atoms with Crippen LogP contribution in [0.1, 0.15) is 33.9 Å². The Morgan fingerprint density at radius 3 is 2.36 bits per heavy atom. The highest BCUT2D eigenvalue weighted by Crippen LogP contribution is 2.48. The van der Waals surface area contributed by atoms with E-state index in [1.54, 1.807) is 13.2 Å². The number of hydrogen-bond acceptors (Lipinski definition) is 5. The van der Waals surface area contributed by atoms with Crippen molar-refractivity contribution in [1.82, 2.24) is 0 Å². The minimum absolute atomic E-state index is 0.400. The van der Waals surface area contributed by atoms with Crippen molar-refractivity contribution >= 4 is 11.6 Å². The first-order valence-electron chi connectivity index (χ1n) is 10.9. The van der Waals surface area contributed by atoms with E-state index in [4.69, 9.17) is 9.47 Å². The first kappa shape index (κ1) is 22.8. The molecule has 0 radical (unpaired) electrons. The van der Waals surface area contributed by atoms with Crippen LogP contribution in [0.5, 0.6) is 11.5 Å². The van der Waals surface area contributed by atoms with Gasteiger partial charge in [-0.1, -0.05) is 42.5 Å². The number of anilines is 1. The van der Waals surface area contributed by atoms with E-state index in [1.165, 1.54) is 4.90 Å². The van der Waals surface area contributed by atoms with Gasteiger partial charge in [-0.15, -0.1) is 0 Å². The lowest BCUT2D eigenvalue weighted by molar-refractivity contribution is -0.160. The Morgan fingerprint density at radius 1 is 0.970 bits per heavy atom. The van der Waals surface area contributed by atoms with Gasteiger partial charge in [-0.05, 0) is 60.7 Å². The topological polar surface area (TPSA) is 79.2 Å². The van der Waals surface area contributed by atoms with Gasteiger partial charge < -0.3 is 19.7 Å². The van der Waals surface area contributed by atoms with Gasteiger partial charge >= 0.3 is 0 Å². The largest absolute Gasteiger partial charge is 0.496 e. The van der Waals surface area contributed by atoms with E-state index in [2.05, 4.69) is 0 Å². The predicted molar refractivity (Wildman–Crippen MR) is 127 cm³/mol. The van der Waals surface area contributed by atoms with Crippen LogP contribution in [-0.2, 0) is 11.4 Å². The van der Waals surface area contributed by atoms with Crippen molar-refractivity contribution in [1.29, 1.82) is 0 Å². The van der Waals surface area contributed by atoms with Crippen LogP contribution in [-0.4, -0.2) is 35.4 Å². The highest BCUT2D eigenvalue weighted by Gasteiger charge is 2.61. The van der Waals surface area contributed by atoms with Gasteiger partial charge in [0.2, 0.25) is 0 Å². The number of β-lactam (4-membered cyclic amide) rings is 1. The van der Waals surface area contributed by atoms with Gasteiger partial charge in [0.15, 0.2) is 5.60 Å². The molecule has 2 atom stereocenters. The maximum Gasteiger partial charge on any atom is 0.264 e. The van der Waals surface area contributed by atoms with Crippen LogP contribution in [0.2, 0.25) is 0 Å². The fraction of sp³-hybridized carbons (Fsp3) is 0.296. The fourth-order valence-corrected chi connectivity index (χ4v) is 4.27. The summed E-state index contributed by atoms with van der Waals surface area (Å²) in [6.45, 7) is 5.56. The van der Waals surface area contributed by atoms with Gasteiger partial charge in [-0.25, -0.2) is 0 Å². The van der Waals surface area contributed by atoms with Gasteiger partial charge in [-0.3, -0.25) is 9.69 Å². The third kappa shape index (κ3) is 3.96. The SMILES string of the molecule is COc1cc(N2C(=O)[C@](O)(CO)[C@@H]2c2ccc(C)c(OCc3ccccc3)c2)cc(C)c1C. The molecule has 0 aromatic heterocycles. The minimum atomic E-state index is -1.90. The molecule has 0 spiro atoms. The first-order chi connectivity index (χ1) is 15.8. The molecule has 6 nitrogen and oxygen atoms in total. The number of aliphatic hydroxyl groups excluding tert-OH is 1. The lowest BCUT2D eigenvalue weighted by atomic mass is 9.77. The number of rotatable bonds is 7. The second-order valence-corrected chi connectivity index (χ2v) is 8.55. The van der Waals surface area contributed by atoms with Crippen LogP contribution >= 0.6 is 0 Å². The maximum atomic E-state index is 13.0. The summed E-state index contributed by atoms with van der Waals surface area (Å²) >= 11 is 0. The monoisotopic (exact) mass is 447 g/mol. The van der Waals surface area contributed by atoms with Crippen molar-refractivity contribution < 1.29 is 24.5 Å². The summed E-state index contributed by atoms with van der Waals surface area (Å²) in [5, 5.41) is 21.0. The minimum Gasteiger partial charge on any atom is -0.496 e. The summed E-state index contributed by atoms with van der Waals surface area (Å²) in [7, 11) is 1.58. The van der Waals surface area contributed by atoms with Crippen molar-refractivity contribution in [2.75, 3.05) is 18.6 Å². The quantitative estimate of drug-likeness (QED) is 0.535. The van der Waals surface area contributed by atoms with Crippen LogP contribution < -0.4 is 14.4 Å². The second-order valence-electron chi connectivity index (χ2n) is 8.55. The molecule has 1 heterocycles. The lowest BCUT2D eigenvalue weighted by Gasteiger charge is -2.52. The Morgan fingerprint density at radius 2 is 1.70 bits per heavy atom. The molecule has 33 heavy (non-hydrogen) atoms. The molecule has 1 saturated heterocycles. The van der Waals surface area contributed by atoms with Crippen LogP contribution in [0.15, 0.2) is 60.7 Å². The molecule has 1 aliphatic heterocycles. The van der Waals surface area contributed by atoms with Crippen molar-refractivity contribution in [2.45, 2.75) is 39.0 Å². The molecule has 3 aromatic rings. The van der Waals surface area contributed by atoms with Gasteiger partial charge in [0.25, 0.3) is 5.91 Å². The zero-order valence-corrected chi connectivity index (χ0v) is 19.3. The third-order valence-electron chi connectivity index (χ3n) is 6.41. The molecule has 1 amide bonds. The average molecular weight is 448 g/mol. The number of carbonyl (C=O) groups excluding carboxylic acids is 1. The Hall–Kier alpha value is -3.35. The number of amides is 1. The summed E-state index contributed by atoms with van der Waals surface area (Å²) < 4.78 is 11.5. The normalized spacial score (nSPS) is 19.9. The second kappa shape index (κ2) is 8.89. The third-order valence-corrected chi connectivity index (χ3v) is 6.41. The molecule has 4 rings (SSSR count). The highest BCUT2D eigenvalue weighted by molar-refractivity contribution is 6.08. The molecule has 0 saturated carbocycles. The van der Waals surface area contributed by atoms with E-state index >= 15 is 0 Å². The molecule has 1 fully saturated rings.